The molecular formula is C21H21F6NO6. The molecule has 34 heavy (non-hydrogen) atoms. The van der Waals surface area contributed by atoms with Crippen LogP contribution in [0.5, 0.6) is 17.2 Å². The first-order valence-electron chi connectivity index (χ1n) is 9.72. The average molecular weight is 497 g/mol. The summed E-state index contributed by atoms with van der Waals surface area (Å²) in [5.74, 6) is -0.148. The summed E-state index contributed by atoms with van der Waals surface area (Å²) in [7, 11) is 2.09. The van der Waals surface area contributed by atoms with Crippen molar-refractivity contribution in [3.05, 3.63) is 57.6 Å². The number of rotatable bonds is 10. The van der Waals surface area contributed by atoms with E-state index in [2.05, 4.69) is 9.47 Å². The van der Waals surface area contributed by atoms with Crippen LogP contribution in [0.4, 0.5) is 32.0 Å². The van der Waals surface area contributed by atoms with Gasteiger partial charge in [0.05, 0.1) is 12.0 Å². The van der Waals surface area contributed by atoms with Gasteiger partial charge in [-0.1, -0.05) is 19.4 Å². The van der Waals surface area contributed by atoms with Crippen molar-refractivity contribution in [1.29, 1.82) is 0 Å². The molecule has 188 valence electrons. The van der Waals surface area contributed by atoms with Gasteiger partial charge in [-0.3, -0.25) is 10.1 Å². The number of aryl methyl sites for hydroxylation is 1. The van der Waals surface area contributed by atoms with Gasteiger partial charge in [-0.25, -0.2) is 0 Å². The first-order valence-corrected chi connectivity index (χ1v) is 9.72. The van der Waals surface area contributed by atoms with Crippen LogP contribution < -0.4 is 9.47 Å². The number of nitro groups is 1. The average Bonchev–Trinajstić information content (AvgIpc) is 2.73. The fourth-order valence-corrected chi connectivity index (χ4v) is 3.24. The number of nitrogens with zero attached hydrogens (tertiary/aromatic N) is 1. The maximum atomic E-state index is 13.8. The molecular weight excluding hydrogens is 476 g/mol. The predicted octanol–water partition coefficient (Wildman–Crippen LogP) is 6.29. The van der Waals surface area contributed by atoms with Crippen LogP contribution >= 0.6 is 0 Å². The van der Waals surface area contributed by atoms with Crippen molar-refractivity contribution in [2.75, 3.05) is 21.0 Å². The van der Waals surface area contributed by atoms with E-state index in [0.29, 0.717) is 12.5 Å². The monoisotopic (exact) mass is 497 g/mol. The first-order chi connectivity index (χ1) is 15.8. The Balaban J connectivity index is 2.61. The number of halogens is 6. The smallest absolute Gasteiger partial charge is 0.430 e. The van der Waals surface area contributed by atoms with E-state index in [1.54, 1.807) is 6.92 Å². The number of nitro benzene ring substituents is 1. The summed E-state index contributed by atoms with van der Waals surface area (Å²) in [6, 6.07) is 5.78. The molecule has 0 aliphatic heterocycles. The second kappa shape index (κ2) is 10.5. The molecule has 0 saturated heterocycles. The molecule has 0 aliphatic carbocycles. The number of benzene rings is 2. The van der Waals surface area contributed by atoms with Crippen LogP contribution in [0.1, 0.15) is 24.5 Å². The molecule has 2 rings (SSSR count). The quantitative estimate of drug-likeness (QED) is 0.166. The second-order valence-corrected chi connectivity index (χ2v) is 6.99. The molecule has 13 heteroatoms. The van der Waals surface area contributed by atoms with Gasteiger partial charge in [-0.2, -0.15) is 26.3 Å². The molecule has 2 aromatic carbocycles. The van der Waals surface area contributed by atoms with E-state index in [9.17, 15) is 36.5 Å². The van der Waals surface area contributed by atoms with Crippen LogP contribution in [0.25, 0.3) is 0 Å². The highest BCUT2D eigenvalue weighted by molar-refractivity contribution is 5.52. The van der Waals surface area contributed by atoms with Crippen LogP contribution in [0.3, 0.4) is 0 Å². The number of hydrogen-bond donors (Lipinski definition) is 0. The van der Waals surface area contributed by atoms with Crippen molar-refractivity contribution < 1.29 is 50.2 Å². The Morgan fingerprint density at radius 2 is 1.59 bits per heavy atom. The van der Waals surface area contributed by atoms with E-state index in [4.69, 9.17) is 9.47 Å². The summed E-state index contributed by atoms with van der Waals surface area (Å²) in [4.78, 5) is 10.4. The molecule has 0 saturated carbocycles. The molecule has 2 aromatic rings. The summed E-state index contributed by atoms with van der Waals surface area (Å²) in [5, 5.41) is 11.0. The Bertz CT molecular complexity index is 994. The molecule has 0 aromatic heterocycles. The van der Waals surface area contributed by atoms with Gasteiger partial charge in [-0.05, 0) is 30.2 Å². The minimum Gasteiger partial charge on any atom is -0.490 e. The highest BCUT2D eigenvalue weighted by Gasteiger charge is 2.73. The third-order valence-electron chi connectivity index (χ3n) is 4.75. The van der Waals surface area contributed by atoms with Crippen LogP contribution in [0.15, 0.2) is 36.4 Å². The summed E-state index contributed by atoms with van der Waals surface area (Å²) in [6.07, 6.45) is -11.3. The predicted molar refractivity (Wildman–Crippen MR) is 107 cm³/mol. The Kier molecular flexibility index (Phi) is 8.37. The molecule has 0 radical (unpaired) electrons. The summed E-state index contributed by atoms with van der Waals surface area (Å²) >= 11 is 0. The lowest BCUT2D eigenvalue weighted by atomic mass is 9.89. The molecule has 7 nitrogen and oxygen atoms in total. The minimum atomic E-state index is -5.86. The Labute approximate surface area is 190 Å². The zero-order valence-corrected chi connectivity index (χ0v) is 18.2. The van der Waals surface area contributed by atoms with Crippen molar-refractivity contribution in [3.63, 3.8) is 0 Å². The third-order valence-corrected chi connectivity index (χ3v) is 4.75. The fourth-order valence-electron chi connectivity index (χ4n) is 3.24. The molecule has 0 atom stereocenters. The van der Waals surface area contributed by atoms with Gasteiger partial charge >= 0.3 is 18.0 Å². The molecule has 0 bridgehead atoms. The van der Waals surface area contributed by atoms with E-state index < -0.39 is 35.2 Å². The van der Waals surface area contributed by atoms with E-state index in [1.807, 2.05) is 0 Å². The van der Waals surface area contributed by atoms with Crippen molar-refractivity contribution in [2.45, 2.75) is 37.7 Å². The number of ether oxygens (including phenoxy) is 4. The third kappa shape index (κ3) is 5.36. The normalized spacial score (nSPS) is 12.5. The summed E-state index contributed by atoms with van der Waals surface area (Å²) < 4.78 is 102. The SMILES string of the molecule is CCCc1cc(C(OCOC)(C(F)(F)F)C(F)(F)F)ccc1Oc1ccc([N+](=O)[O-])c(OC)c1. The van der Waals surface area contributed by atoms with Gasteiger partial charge in [0.2, 0.25) is 5.75 Å². The molecule has 0 aliphatic rings. The molecule has 0 heterocycles. The van der Waals surface area contributed by atoms with Gasteiger partial charge in [0.15, 0.2) is 0 Å². The van der Waals surface area contributed by atoms with Gasteiger partial charge in [0, 0.05) is 24.8 Å². The van der Waals surface area contributed by atoms with Crippen molar-refractivity contribution in [3.8, 4) is 17.2 Å². The summed E-state index contributed by atoms with van der Waals surface area (Å²) in [6.45, 7) is 0.413. The van der Waals surface area contributed by atoms with E-state index in [0.717, 1.165) is 25.3 Å². The Morgan fingerprint density at radius 1 is 0.941 bits per heavy atom. The maximum Gasteiger partial charge on any atom is 0.430 e. The molecule has 0 amide bonds. The highest BCUT2D eigenvalue weighted by Crippen LogP contribution is 2.53. The largest absolute Gasteiger partial charge is 0.490 e. The van der Waals surface area contributed by atoms with Gasteiger partial charge < -0.3 is 18.9 Å². The zero-order chi connectivity index (χ0) is 25.7. The highest BCUT2D eigenvalue weighted by atomic mass is 19.4. The van der Waals surface area contributed by atoms with Crippen molar-refractivity contribution in [1.82, 2.24) is 0 Å². The van der Waals surface area contributed by atoms with Crippen LogP contribution in [0.2, 0.25) is 0 Å². The standard InChI is InChI=1S/C21H21F6NO6/c1-4-5-13-10-14(19(20(22,23)24,21(25,26)27)33-12-31-2)6-9-17(13)34-15-7-8-16(28(29)30)18(11-15)32-3/h6-11H,4-5,12H2,1-3H3. The Morgan fingerprint density at radius 3 is 2.09 bits per heavy atom. The summed E-state index contributed by atoms with van der Waals surface area (Å²) in [5.41, 5.74) is -6.14. The topological polar surface area (TPSA) is 80.1 Å². The zero-order valence-electron chi connectivity index (χ0n) is 18.2. The fraction of sp³-hybridized carbons (Fsp3) is 0.429. The lowest BCUT2D eigenvalue weighted by Gasteiger charge is -2.37. The lowest BCUT2D eigenvalue weighted by molar-refractivity contribution is -0.400. The van der Waals surface area contributed by atoms with Crippen LogP contribution in [-0.4, -0.2) is 38.3 Å². The molecule has 0 spiro atoms. The second-order valence-electron chi connectivity index (χ2n) is 6.99. The molecule has 0 unspecified atom stereocenters. The number of methoxy groups -OCH3 is 2. The van der Waals surface area contributed by atoms with E-state index >= 15 is 0 Å². The molecule has 0 fully saturated rings. The van der Waals surface area contributed by atoms with Crippen LogP contribution in [0, 0.1) is 10.1 Å². The van der Waals surface area contributed by atoms with E-state index in [1.165, 1.54) is 19.2 Å². The maximum absolute atomic E-state index is 13.8. The molecule has 0 N–H and O–H groups in total. The van der Waals surface area contributed by atoms with Gasteiger partial charge in [0.25, 0.3) is 5.60 Å². The van der Waals surface area contributed by atoms with Crippen LogP contribution in [-0.2, 0) is 21.5 Å². The number of hydrogen-bond acceptors (Lipinski definition) is 6. The van der Waals surface area contributed by atoms with Gasteiger partial charge in [0.1, 0.15) is 18.3 Å². The van der Waals surface area contributed by atoms with Crippen molar-refractivity contribution in [2.24, 2.45) is 0 Å². The minimum absolute atomic E-state index is 0.0288. The Hall–Kier alpha value is -3.06. The lowest BCUT2D eigenvalue weighted by Crippen LogP contribution is -2.56. The van der Waals surface area contributed by atoms with Crippen molar-refractivity contribution >= 4 is 5.69 Å². The van der Waals surface area contributed by atoms with Gasteiger partial charge in [-0.15, -0.1) is 0 Å². The first kappa shape index (κ1) is 27.2. The number of alkyl halides is 6. The van der Waals surface area contributed by atoms with E-state index in [-0.39, 0.29) is 34.9 Å².